The van der Waals surface area contributed by atoms with Gasteiger partial charge in [-0.1, -0.05) is 146 Å². The van der Waals surface area contributed by atoms with Crippen molar-refractivity contribution >= 4 is 23.1 Å². The minimum absolute atomic E-state index is 0.0498. The first kappa shape index (κ1) is 24.7. The Balaban J connectivity index is 1.67. The second-order valence-corrected chi connectivity index (χ2v) is 10.2. The largest absolute Gasteiger partial charge is 0.475 e. The van der Waals surface area contributed by atoms with E-state index in [1.165, 1.54) is 0 Å². The van der Waals surface area contributed by atoms with Crippen LogP contribution < -0.4 is 0 Å². The third-order valence-electron chi connectivity index (χ3n) is 8.13. The molecule has 5 aromatic rings. The van der Waals surface area contributed by atoms with E-state index >= 15 is 9.59 Å². The lowest BCUT2D eigenvalue weighted by atomic mass is 9.60. The number of hydrogen-bond donors (Lipinski definition) is 0. The van der Waals surface area contributed by atoms with E-state index < -0.39 is 28.4 Å². The third kappa shape index (κ3) is 3.31. The highest BCUT2D eigenvalue weighted by Gasteiger charge is 2.76. The molecule has 41 heavy (non-hydrogen) atoms. The van der Waals surface area contributed by atoms with Gasteiger partial charge >= 0.3 is 0 Å². The van der Waals surface area contributed by atoms with E-state index in [2.05, 4.69) is 0 Å². The first-order valence-corrected chi connectivity index (χ1v) is 13.5. The van der Waals surface area contributed by atoms with Gasteiger partial charge in [-0.15, -0.1) is 0 Å². The molecule has 0 amide bonds. The van der Waals surface area contributed by atoms with Crippen molar-refractivity contribution in [1.29, 1.82) is 0 Å². The molecule has 0 bridgehead atoms. The zero-order valence-corrected chi connectivity index (χ0v) is 22.0. The Labute approximate surface area is 237 Å². The van der Waals surface area contributed by atoms with E-state index in [4.69, 9.17) is 4.74 Å². The number of rotatable bonds is 6. The van der Waals surface area contributed by atoms with E-state index in [9.17, 15) is 4.79 Å². The summed E-state index contributed by atoms with van der Waals surface area (Å²) >= 11 is 0. The second-order valence-electron chi connectivity index (χ2n) is 10.2. The van der Waals surface area contributed by atoms with Crippen LogP contribution in [-0.2, 0) is 10.3 Å². The average molecular weight is 533 g/mol. The van der Waals surface area contributed by atoms with Crippen molar-refractivity contribution in [2.24, 2.45) is 5.41 Å². The summed E-state index contributed by atoms with van der Waals surface area (Å²) in [6.45, 7) is 0. The molecule has 0 fully saturated rings. The van der Waals surface area contributed by atoms with Crippen molar-refractivity contribution in [2.75, 3.05) is 0 Å². The van der Waals surface area contributed by atoms with Crippen molar-refractivity contribution in [1.82, 2.24) is 0 Å². The van der Waals surface area contributed by atoms with Crippen LogP contribution in [0.1, 0.15) is 47.8 Å². The minimum Gasteiger partial charge on any atom is -0.475 e. The lowest BCUT2D eigenvalue weighted by Gasteiger charge is -2.39. The standard InChI is InChI=1S/C37H24O4/c38-32(25-15-5-1-6-16-25)31-33(26-17-7-2-8-18-26)41-37(28-21-11-4-12-22-28)30-24-14-13-23-29(30)35(40)36(31,37)34(39)27-19-9-3-10-20-27/h1-24H. The zero-order chi connectivity index (χ0) is 28.0. The average Bonchev–Trinajstić information content (AvgIpc) is 3.49. The summed E-state index contributed by atoms with van der Waals surface area (Å²) in [5, 5.41) is 0. The molecule has 2 atom stereocenters. The monoisotopic (exact) mass is 532 g/mol. The summed E-state index contributed by atoms with van der Waals surface area (Å²) in [7, 11) is 0. The molecule has 0 N–H and O–H groups in total. The molecule has 1 heterocycles. The maximum absolute atomic E-state index is 15.1. The number of Topliss-reactive ketones (excluding diaryl/α,β-unsaturated/α-hetero) is 3. The molecule has 5 aromatic carbocycles. The van der Waals surface area contributed by atoms with Gasteiger partial charge in [-0.25, -0.2) is 0 Å². The van der Waals surface area contributed by atoms with Crippen LogP contribution in [0.4, 0.5) is 0 Å². The Hall–Kier alpha value is -5.35. The summed E-state index contributed by atoms with van der Waals surface area (Å²) in [6, 6.07) is 43.2. The van der Waals surface area contributed by atoms with Crippen LogP contribution in [-0.4, -0.2) is 17.3 Å². The SMILES string of the molecule is O=C(C1=C(c2ccccc2)OC2(c3ccccc3)c3ccccc3C(=O)C12C(=O)c1ccccc1)c1ccccc1. The van der Waals surface area contributed by atoms with Gasteiger partial charge in [-0.05, 0) is 0 Å². The smallest absolute Gasteiger partial charge is 0.194 e. The fourth-order valence-corrected chi connectivity index (χ4v) is 6.43. The van der Waals surface area contributed by atoms with Crippen LogP contribution in [0.3, 0.4) is 0 Å². The number of ketones is 3. The van der Waals surface area contributed by atoms with Crippen molar-refractivity contribution in [2.45, 2.75) is 5.60 Å². The second kappa shape index (κ2) is 9.39. The zero-order valence-electron chi connectivity index (χ0n) is 22.0. The molecule has 1 aliphatic carbocycles. The molecule has 7 rings (SSSR count). The number of ether oxygens (including phenoxy) is 1. The predicted octanol–water partition coefficient (Wildman–Crippen LogP) is 7.32. The van der Waals surface area contributed by atoms with Gasteiger partial charge in [-0.2, -0.15) is 0 Å². The predicted molar refractivity (Wildman–Crippen MR) is 156 cm³/mol. The van der Waals surface area contributed by atoms with Crippen molar-refractivity contribution in [3.63, 3.8) is 0 Å². The van der Waals surface area contributed by atoms with Crippen LogP contribution in [0.5, 0.6) is 0 Å². The number of benzene rings is 5. The number of hydrogen-bond acceptors (Lipinski definition) is 4. The Bertz CT molecular complexity index is 1840. The number of carbonyl (C=O) groups is 3. The van der Waals surface area contributed by atoms with Gasteiger partial charge in [0.1, 0.15) is 5.76 Å². The molecule has 2 unspecified atom stereocenters. The highest BCUT2D eigenvalue weighted by molar-refractivity contribution is 6.34. The maximum atomic E-state index is 15.1. The Morgan fingerprint density at radius 1 is 0.561 bits per heavy atom. The van der Waals surface area contributed by atoms with Crippen LogP contribution >= 0.6 is 0 Å². The van der Waals surface area contributed by atoms with Gasteiger partial charge < -0.3 is 4.74 Å². The molecular weight excluding hydrogens is 508 g/mol. The molecule has 2 aliphatic rings. The van der Waals surface area contributed by atoms with E-state index in [0.29, 0.717) is 33.4 Å². The van der Waals surface area contributed by atoms with Gasteiger partial charge in [0.05, 0.1) is 5.57 Å². The van der Waals surface area contributed by atoms with E-state index in [0.717, 1.165) is 0 Å². The summed E-state index contributed by atoms with van der Waals surface area (Å²) in [5.41, 5.74) is -0.728. The lowest BCUT2D eigenvalue weighted by molar-refractivity contribution is 0.0162. The lowest BCUT2D eigenvalue weighted by Crippen LogP contribution is -2.52. The van der Waals surface area contributed by atoms with Crippen molar-refractivity contribution in [3.05, 3.63) is 185 Å². The van der Waals surface area contributed by atoms with Gasteiger partial charge in [0.15, 0.2) is 28.4 Å². The fourth-order valence-electron chi connectivity index (χ4n) is 6.43. The summed E-state index contributed by atoms with van der Waals surface area (Å²) < 4.78 is 7.06. The van der Waals surface area contributed by atoms with Crippen LogP contribution in [0, 0.1) is 5.41 Å². The molecule has 0 aromatic heterocycles. The van der Waals surface area contributed by atoms with Gasteiger partial charge in [0, 0.05) is 33.4 Å². The van der Waals surface area contributed by atoms with Crippen molar-refractivity contribution < 1.29 is 19.1 Å². The fraction of sp³-hybridized carbons (Fsp3) is 0.0541. The molecule has 0 radical (unpaired) electrons. The summed E-state index contributed by atoms with van der Waals surface area (Å²) in [6.07, 6.45) is 0. The van der Waals surface area contributed by atoms with E-state index in [1.54, 1.807) is 60.7 Å². The van der Waals surface area contributed by atoms with Crippen molar-refractivity contribution in [3.8, 4) is 0 Å². The molecule has 0 saturated heterocycles. The Morgan fingerprint density at radius 3 is 1.71 bits per heavy atom. The van der Waals surface area contributed by atoms with E-state index in [-0.39, 0.29) is 11.3 Å². The Kier molecular flexibility index (Phi) is 5.65. The first-order valence-electron chi connectivity index (χ1n) is 13.5. The van der Waals surface area contributed by atoms with Gasteiger partial charge in [-0.3, -0.25) is 14.4 Å². The first-order chi connectivity index (χ1) is 20.1. The third-order valence-corrected chi connectivity index (χ3v) is 8.13. The molecule has 4 nitrogen and oxygen atoms in total. The molecule has 0 spiro atoms. The molecule has 196 valence electrons. The number of fused-ring (bicyclic) bond motifs is 3. The highest BCUT2D eigenvalue weighted by Crippen LogP contribution is 2.67. The Morgan fingerprint density at radius 2 is 1.07 bits per heavy atom. The topological polar surface area (TPSA) is 60.4 Å². The minimum atomic E-state index is -2.02. The quantitative estimate of drug-likeness (QED) is 0.170. The van der Waals surface area contributed by atoms with E-state index in [1.807, 2.05) is 84.9 Å². The summed E-state index contributed by atoms with van der Waals surface area (Å²) in [5.74, 6) is -1.12. The molecule has 1 aliphatic heterocycles. The van der Waals surface area contributed by atoms with Gasteiger partial charge in [0.2, 0.25) is 0 Å². The van der Waals surface area contributed by atoms with Gasteiger partial charge in [0.25, 0.3) is 0 Å². The summed E-state index contributed by atoms with van der Waals surface area (Å²) in [4.78, 5) is 44.9. The molecule has 0 saturated carbocycles. The molecule has 4 heteroatoms. The van der Waals surface area contributed by atoms with Crippen LogP contribution in [0.2, 0.25) is 0 Å². The number of carbonyl (C=O) groups excluding carboxylic acids is 3. The normalized spacial score (nSPS) is 20.7. The van der Waals surface area contributed by atoms with Crippen LogP contribution in [0.25, 0.3) is 5.76 Å². The highest BCUT2D eigenvalue weighted by atomic mass is 16.5. The van der Waals surface area contributed by atoms with Crippen LogP contribution in [0.15, 0.2) is 151 Å². The maximum Gasteiger partial charge on any atom is 0.194 e. The molecular formula is C37H24O4.